The van der Waals surface area contributed by atoms with Gasteiger partial charge in [-0.1, -0.05) is 49.0 Å². The molecule has 0 aliphatic carbocycles. The number of aryl methyl sites for hydroxylation is 1. The lowest BCUT2D eigenvalue weighted by Gasteiger charge is -2.12. The molecule has 4 aromatic rings. The highest BCUT2D eigenvalue weighted by molar-refractivity contribution is 7.99. The summed E-state index contributed by atoms with van der Waals surface area (Å²) in [7, 11) is 0. The number of halogens is 1. The third-order valence-electron chi connectivity index (χ3n) is 4.92. The molecule has 8 heteroatoms. The normalized spacial score (nSPS) is 11.1. The van der Waals surface area contributed by atoms with Gasteiger partial charge < -0.3 is 5.32 Å². The molecule has 32 heavy (non-hydrogen) atoms. The molecule has 1 amide bonds. The van der Waals surface area contributed by atoms with Crippen molar-refractivity contribution in [3.8, 4) is 16.8 Å². The predicted molar refractivity (Wildman–Crippen MR) is 129 cm³/mol. The molecule has 0 radical (unpaired) electrons. The molecule has 0 fully saturated rings. The SMILES string of the molecule is CCCNC(=O)CSc1nc2sc(C)c(-c3ccc(F)cc3)c2c(=O)n1-c1ccccc1. The number of carbonyl (C=O) groups is 1. The first-order valence-corrected chi connectivity index (χ1v) is 12.1. The van der Waals surface area contributed by atoms with E-state index in [4.69, 9.17) is 4.98 Å². The van der Waals surface area contributed by atoms with Crippen LogP contribution in [0, 0.1) is 12.7 Å². The van der Waals surface area contributed by atoms with Gasteiger partial charge in [0.25, 0.3) is 5.56 Å². The summed E-state index contributed by atoms with van der Waals surface area (Å²) < 4.78 is 15.0. The van der Waals surface area contributed by atoms with Crippen molar-refractivity contribution in [1.82, 2.24) is 14.9 Å². The lowest BCUT2D eigenvalue weighted by Crippen LogP contribution is -2.27. The van der Waals surface area contributed by atoms with E-state index in [0.717, 1.165) is 22.4 Å². The quantitative estimate of drug-likeness (QED) is 0.300. The van der Waals surface area contributed by atoms with E-state index in [2.05, 4.69) is 5.32 Å². The molecule has 2 aromatic carbocycles. The van der Waals surface area contributed by atoms with Gasteiger partial charge in [0, 0.05) is 17.0 Å². The molecule has 0 spiro atoms. The van der Waals surface area contributed by atoms with E-state index in [0.29, 0.717) is 27.6 Å². The van der Waals surface area contributed by atoms with Gasteiger partial charge in [0.2, 0.25) is 5.91 Å². The van der Waals surface area contributed by atoms with Crippen molar-refractivity contribution in [2.45, 2.75) is 25.4 Å². The maximum Gasteiger partial charge on any atom is 0.268 e. The summed E-state index contributed by atoms with van der Waals surface area (Å²) in [5.41, 5.74) is 2.01. The first-order valence-electron chi connectivity index (χ1n) is 10.3. The van der Waals surface area contributed by atoms with Crippen LogP contribution in [-0.4, -0.2) is 27.8 Å². The zero-order valence-electron chi connectivity index (χ0n) is 17.7. The average Bonchev–Trinajstić information content (AvgIpc) is 3.13. The Bertz CT molecular complexity index is 1320. The summed E-state index contributed by atoms with van der Waals surface area (Å²) in [6, 6.07) is 15.4. The molecule has 0 bridgehead atoms. The lowest BCUT2D eigenvalue weighted by atomic mass is 10.0. The number of aromatic nitrogens is 2. The van der Waals surface area contributed by atoms with E-state index in [-0.39, 0.29) is 23.0 Å². The van der Waals surface area contributed by atoms with Gasteiger partial charge in [-0.25, -0.2) is 9.37 Å². The van der Waals surface area contributed by atoms with E-state index in [9.17, 15) is 14.0 Å². The minimum absolute atomic E-state index is 0.0971. The van der Waals surface area contributed by atoms with Gasteiger partial charge in [-0.15, -0.1) is 11.3 Å². The van der Waals surface area contributed by atoms with Crippen LogP contribution in [0.3, 0.4) is 0 Å². The molecule has 0 saturated heterocycles. The minimum Gasteiger partial charge on any atom is -0.355 e. The van der Waals surface area contributed by atoms with Crippen LogP contribution in [0.5, 0.6) is 0 Å². The highest BCUT2D eigenvalue weighted by Crippen LogP contribution is 2.37. The highest BCUT2D eigenvalue weighted by atomic mass is 32.2. The fourth-order valence-electron chi connectivity index (χ4n) is 3.45. The van der Waals surface area contributed by atoms with E-state index in [1.165, 1.54) is 35.2 Å². The van der Waals surface area contributed by atoms with Crippen LogP contribution in [0.15, 0.2) is 64.5 Å². The Labute approximate surface area is 193 Å². The van der Waals surface area contributed by atoms with E-state index >= 15 is 0 Å². The number of nitrogens with zero attached hydrogens (tertiary/aromatic N) is 2. The molecular formula is C24H22FN3O2S2. The molecule has 164 valence electrons. The number of para-hydroxylation sites is 1. The van der Waals surface area contributed by atoms with Crippen LogP contribution >= 0.6 is 23.1 Å². The predicted octanol–water partition coefficient (Wildman–Crippen LogP) is 5.18. The molecule has 0 unspecified atom stereocenters. The topological polar surface area (TPSA) is 64.0 Å². The minimum atomic E-state index is -0.328. The van der Waals surface area contributed by atoms with Crippen LogP contribution in [0.25, 0.3) is 27.0 Å². The molecule has 0 saturated carbocycles. The van der Waals surface area contributed by atoms with Crippen molar-refractivity contribution >= 4 is 39.2 Å². The Balaban J connectivity index is 1.88. The largest absolute Gasteiger partial charge is 0.355 e. The first-order chi connectivity index (χ1) is 15.5. The maximum atomic E-state index is 13.8. The standard InChI is InChI=1S/C24H22FN3O2S2/c1-3-13-26-19(29)14-31-24-27-22-21(23(30)28(24)18-7-5-4-6-8-18)20(15(2)32-22)16-9-11-17(25)12-10-16/h4-12H,3,13-14H2,1-2H3,(H,26,29). The Hall–Kier alpha value is -2.97. The van der Waals surface area contributed by atoms with E-state index in [1.54, 1.807) is 16.7 Å². The fraction of sp³-hybridized carbons (Fsp3) is 0.208. The van der Waals surface area contributed by atoms with Gasteiger partial charge in [0.15, 0.2) is 5.16 Å². The van der Waals surface area contributed by atoms with Crippen LogP contribution in [0.1, 0.15) is 18.2 Å². The molecule has 0 atom stereocenters. The Morgan fingerprint density at radius 3 is 2.56 bits per heavy atom. The number of hydrogen-bond acceptors (Lipinski definition) is 5. The number of hydrogen-bond donors (Lipinski definition) is 1. The number of nitrogens with one attached hydrogen (secondary N) is 1. The molecule has 5 nitrogen and oxygen atoms in total. The van der Waals surface area contributed by atoms with Crippen LogP contribution in [-0.2, 0) is 4.79 Å². The van der Waals surface area contributed by atoms with E-state index < -0.39 is 0 Å². The van der Waals surface area contributed by atoms with E-state index in [1.807, 2.05) is 44.2 Å². The summed E-state index contributed by atoms with van der Waals surface area (Å²) in [4.78, 5) is 32.3. The molecule has 0 aliphatic heterocycles. The second kappa shape index (κ2) is 9.67. The summed E-state index contributed by atoms with van der Waals surface area (Å²) in [5, 5.41) is 3.82. The van der Waals surface area contributed by atoms with Crippen LogP contribution in [0.4, 0.5) is 4.39 Å². The van der Waals surface area contributed by atoms with Crippen LogP contribution in [0.2, 0.25) is 0 Å². The zero-order valence-corrected chi connectivity index (χ0v) is 19.4. The lowest BCUT2D eigenvalue weighted by molar-refractivity contribution is -0.118. The van der Waals surface area contributed by atoms with Crippen molar-refractivity contribution in [3.63, 3.8) is 0 Å². The third kappa shape index (κ3) is 4.47. The second-order valence-electron chi connectivity index (χ2n) is 7.23. The second-order valence-corrected chi connectivity index (χ2v) is 9.38. The molecule has 2 aromatic heterocycles. The van der Waals surface area contributed by atoms with Crippen molar-refractivity contribution < 1.29 is 9.18 Å². The monoisotopic (exact) mass is 467 g/mol. The van der Waals surface area contributed by atoms with Gasteiger partial charge in [-0.05, 0) is 43.2 Å². The van der Waals surface area contributed by atoms with Gasteiger partial charge in [0.1, 0.15) is 10.6 Å². The Morgan fingerprint density at radius 2 is 1.88 bits per heavy atom. The number of fused-ring (bicyclic) bond motifs is 1. The fourth-order valence-corrected chi connectivity index (χ4v) is 5.38. The number of benzene rings is 2. The molecule has 1 N–H and O–H groups in total. The molecule has 4 rings (SSSR count). The van der Waals surface area contributed by atoms with Gasteiger partial charge in [-0.3, -0.25) is 14.2 Å². The Morgan fingerprint density at radius 1 is 1.16 bits per heavy atom. The Kier molecular flexibility index (Phi) is 6.72. The zero-order chi connectivity index (χ0) is 22.7. The van der Waals surface area contributed by atoms with Gasteiger partial charge >= 0.3 is 0 Å². The maximum absolute atomic E-state index is 13.8. The van der Waals surface area contributed by atoms with Crippen molar-refractivity contribution in [2.24, 2.45) is 0 Å². The van der Waals surface area contributed by atoms with Crippen molar-refractivity contribution in [2.75, 3.05) is 12.3 Å². The summed E-state index contributed by atoms with van der Waals surface area (Å²) in [6.45, 7) is 4.54. The number of rotatable bonds is 7. The molecule has 0 aliphatic rings. The number of thiophene rings is 1. The number of amides is 1. The smallest absolute Gasteiger partial charge is 0.268 e. The van der Waals surface area contributed by atoms with Gasteiger partial charge in [-0.2, -0.15) is 0 Å². The average molecular weight is 468 g/mol. The van der Waals surface area contributed by atoms with Crippen molar-refractivity contribution in [1.29, 1.82) is 0 Å². The number of carbonyl (C=O) groups excluding carboxylic acids is 1. The third-order valence-corrected chi connectivity index (χ3v) is 6.86. The van der Waals surface area contributed by atoms with Crippen molar-refractivity contribution in [3.05, 3.63) is 75.6 Å². The summed E-state index contributed by atoms with van der Waals surface area (Å²) in [5.74, 6) is -0.258. The van der Waals surface area contributed by atoms with Crippen LogP contribution < -0.4 is 10.9 Å². The summed E-state index contributed by atoms with van der Waals surface area (Å²) >= 11 is 2.67. The molecule has 2 heterocycles. The summed E-state index contributed by atoms with van der Waals surface area (Å²) in [6.07, 6.45) is 0.857. The number of thioether (sulfide) groups is 1. The van der Waals surface area contributed by atoms with Gasteiger partial charge in [0.05, 0.1) is 16.8 Å². The first kappa shape index (κ1) is 22.2. The highest BCUT2D eigenvalue weighted by Gasteiger charge is 2.21. The molecular weight excluding hydrogens is 445 g/mol.